The average Bonchev–Trinajstić information content (AvgIpc) is 3.31. The Kier molecular flexibility index (Phi) is 4.62. The number of benzene rings is 2. The lowest BCUT2D eigenvalue weighted by Gasteiger charge is -2.22. The largest absolute Gasteiger partial charge is 0.337 e. The number of carbonyl (C=O) groups is 1. The summed E-state index contributed by atoms with van der Waals surface area (Å²) in [4.78, 5) is 19.1. The Labute approximate surface area is 158 Å². The van der Waals surface area contributed by atoms with Crippen LogP contribution in [-0.2, 0) is 0 Å². The summed E-state index contributed by atoms with van der Waals surface area (Å²) in [6.45, 7) is 4.70. The van der Waals surface area contributed by atoms with E-state index in [-0.39, 0.29) is 12.1 Å². The number of aromatic nitrogens is 2. The van der Waals surface area contributed by atoms with Gasteiger partial charge in [-0.15, -0.1) is 0 Å². The van der Waals surface area contributed by atoms with Crippen LogP contribution in [0, 0.1) is 13.8 Å². The van der Waals surface area contributed by atoms with E-state index in [9.17, 15) is 4.79 Å². The first-order chi connectivity index (χ1) is 13.1. The molecule has 1 saturated heterocycles. The normalized spacial score (nSPS) is 16.5. The van der Waals surface area contributed by atoms with Crippen molar-refractivity contribution in [1.82, 2.24) is 15.0 Å². The highest BCUT2D eigenvalue weighted by molar-refractivity contribution is 5.89. The van der Waals surface area contributed by atoms with Gasteiger partial charge in [-0.25, -0.2) is 4.79 Å². The minimum atomic E-state index is -0.194. The van der Waals surface area contributed by atoms with Crippen molar-refractivity contribution in [3.8, 4) is 11.4 Å². The van der Waals surface area contributed by atoms with Crippen molar-refractivity contribution in [3.63, 3.8) is 0 Å². The van der Waals surface area contributed by atoms with Gasteiger partial charge in [0.2, 0.25) is 11.7 Å². The molecule has 0 saturated carbocycles. The predicted octanol–water partition coefficient (Wildman–Crippen LogP) is 4.72. The third kappa shape index (κ3) is 3.69. The van der Waals surface area contributed by atoms with Crippen molar-refractivity contribution >= 4 is 11.7 Å². The molecule has 3 aromatic rings. The fourth-order valence-electron chi connectivity index (χ4n) is 3.46. The number of urea groups is 1. The van der Waals surface area contributed by atoms with E-state index in [1.54, 1.807) is 4.90 Å². The van der Waals surface area contributed by atoms with Crippen LogP contribution in [0.25, 0.3) is 11.4 Å². The highest BCUT2D eigenvalue weighted by Crippen LogP contribution is 2.32. The van der Waals surface area contributed by atoms with E-state index in [0.717, 1.165) is 35.2 Å². The van der Waals surface area contributed by atoms with E-state index in [2.05, 4.69) is 15.5 Å². The van der Waals surface area contributed by atoms with Crippen LogP contribution in [0.3, 0.4) is 0 Å². The molecule has 2 heterocycles. The average molecular weight is 362 g/mol. The highest BCUT2D eigenvalue weighted by atomic mass is 16.5. The number of anilines is 1. The summed E-state index contributed by atoms with van der Waals surface area (Å²) in [5.74, 6) is 1.04. The van der Waals surface area contributed by atoms with Gasteiger partial charge in [0.25, 0.3) is 0 Å². The molecule has 1 N–H and O–H groups in total. The number of amides is 2. The molecule has 138 valence electrons. The fraction of sp³-hybridized carbons (Fsp3) is 0.286. The van der Waals surface area contributed by atoms with Gasteiger partial charge in [0, 0.05) is 17.8 Å². The van der Waals surface area contributed by atoms with Gasteiger partial charge in [0.1, 0.15) is 6.04 Å². The zero-order chi connectivity index (χ0) is 18.8. The van der Waals surface area contributed by atoms with Crippen LogP contribution in [0.2, 0.25) is 0 Å². The monoisotopic (exact) mass is 362 g/mol. The van der Waals surface area contributed by atoms with Crippen LogP contribution in [0.15, 0.2) is 53.1 Å². The Morgan fingerprint density at radius 3 is 2.70 bits per heavy atom. The molecule has 0 spiro atoms. The Balaban J connectivity index is 1.52. The molecule has 2 aromatic carbocycles. The maximum atomic E-state index is 12.8. The first-order valence-electron chi connectivity index (χ1n) is 9.15. The van der Waals surface area contributed by atoms with Crippen molar-refractivity contribution in [3.05, 3.63) is 65.5 Å². The summed E-state index contributed by atoms with van der Waals surface area (Å²) in [6, 6.07) is 15.4. The number of hydrogen-bond donors (Lipinski definition) is 1. The van der Waals surface area contributed by atoms with Gasteiger partial charge in [-0.2, -0.15) is 4.98 Å². The number of aryl methyl sites for hydroxylation is 2. The summed E-state index contributed by atoms with van der Waals surface area (Å²) in [6.07, 6.45) is 1.73. The predicted molar refractivity (Wildman–Crippen MR) is 103 cm³/mol. The number of nitrogens with one attached hydrogen (secondary N) is 1. The molecule has 4 rings (SSSR count). The topological polar surface area (TPSA) is 71.3 Å². The van der Waals surface area contributed by atoms with Crippen molar-refractivity contribution < 1.29 is 9.32 Å². The summed E-state index contributed by atoms with van der Waals surface area (Å²) in [5.41, 5.74) is 3.94. The number of likely N-dealkylation sites (tertiary alicyclic amines) is 1. The zero-order valence-corrected chi connectivity index (χ0v) is 15.5. The molecule has 0 radical (unpaired) electrons. The number of hydrogen-bond acceptors (Lipinski definition) is 4. The molecule has 27 heavy (non-hydrogen) atoms. The van der Waals surface area contributed by atoms with Gasteiger partial charge in [0.15, 0.2) is 0 Å². The van der Waals surface area contributed by atoms with Crippen molar-refractivity contribution in [2.45, 2.75) is 32.7 Å². The van der Waals surface area contributed by atoms with Gasteiger partial charge < -0.3 is 14.7 Å². The van der Waals surface area contributed by atoms with Gasteiger partial charge in [-0.3, -0.25) is 0 Å². The Morgan fingerprint density at radius 1 is 1.15 bits per heavy atom. The molecule has 1 aromatic heterocycles. The minimum absolute atomic E-state index is 0.140. The lowest BCUT2D eigenvalue weighted by molar-refractivity contribution is 0.193. The molecule has 2 amide bonds. The third-order valence-corrected chi connectivity index (χ3v) is 4.79. The smallest absolute Gasteiger partial charge is 0.322 e. The van der Waals surface area contributed by atoms with Crippen LogP contribution < -0.4 is 5.32 Å². The lowest BCUT2D eigenvalue weighted by Crippen LogP contribution is -2.34. The second kappa shape index (κ2) is 7.23. The zero-order valence-electron chi connectivity index (χ0n) is 15.5. The fourth-order valence-corrected chi connectivity index (χ4v) is 3.46. The van der Waals surface area contributed by atoms with Crippen LogP contribution in [-0.4, -0.2) is 27.6 Å². The molecular weight excluding hydrogens is 340 g/mol. The molecule has 6 heteroatoms. The van der Waals surface area contributed by atoms with Gasteiger partial charge in [-0.05, 0) is 50.5 Å². The first-order valence-corrected chi connectivity index (χ1v) is 9.15. The molecular formula is C21H22N4O2. The third-order valence-electron chi connectivity index (χ3n) is 4.79. The van der Waals surface area contributed by atoms with Crippen LogP contribution in [0.4, 0.5) is 10.5 Å². The minimum Gasteiger partial charge on any atom is -0.337 e. The Hall–Kier alpha value is -3.15. The summed E-state index contributed by atoms with van der Waals surface area (Å²) in [5, 5.41) is 7.08. The van der Waals surface area contributed by atoms with Crippen LogP contribution in [0.1, 0.15) is 35.9 Å². The molecule has 1 fully saturated rings. The Morgan fingerprint density at radius 2 is 1.93 bits per heavy atom. The lowest BCUT2D eigenvalue weighted by atomic mass is 10.1. The number of nitrogens with zero attached hydrogens (tertiary/aromatic N) is 3. The Bertz CT molecular complexity index is 966. The summed E-state index contributed by atoms with van der Waals surface area (Å²) >= 11 is 0. The van der Waals surface area contributed by atoms with E-state index in [4.69, 9.17) is 4.52 Å². The van der Waals surface area contributed by atoms with Gasteiger partial charge in [-0.1, -0.05) is 41.1 Å². The summed E-state index contributed by atoms with van der Waals surface area (Å²) in [7, 11) is 0. The molecule has 1 aliphatic rings. The van der Waals surface area contributed by atoms with E-state index in [0.29, 0.717) is 18.3 Å². The second-order valence-electron chi connectivity index (χ2n) is 6.98. The number of carbonyl (C=O) groups excluding carboxylic acids is 1. The molecule has 0 aliphatic carbocycles. The number of rotatable bonds is 3. The molecule has 1 aliphatic heterocycles. The van der Waals surface area contributed by atoms with Crippen molar-refractivity contribution in [2.75, 3.05) is 11.9 Å². The molecule has 6 nitrogen and oxygen atoms in total. The van der Waals surface area contributed by atoms with Crippen molar-refractivity contribution in [2.24, 2.45) is 0 Å². The second-order valence-corrected chi connectivity index (χ2v) is 6.98. The van der Waals surface area contributed by atoms with Crippen LogP contribution >= 0.6 is 0 Å². The SMILES string of the molecule is Cc1cccc(NC(=O)N2CCC[C@@H]2c2nc(-c3cccc(C)c3)no2)c1. The van der Waals surface area contributed by atoms with Crippen molar-refractivity contribution in [1.29, 1.82) is 0 Å². The first kappa shape index (κ1) is 17.3. The molecule has 0 unspecified atom stereocenters. The van der Waals surface area contributed by atoms with Gasteiger partial charge >= 0.3 is 6.03 Å². The standard InChI is InChI=1S/C21H22N4O2/c1-14-6-3-8-16(12-14)19-23-20(27-24-19)18-10-5-11-25(18)21(26)22-17-9-4-7-15(2)13-17/h3-4,6-9,12-13,18H,5,10-11H2,1-2H3,(H,22,26)/t18-/m1/s1. The maximum Gasteiger partial charge on any atom is 0.322 e. The molecule has 1 atom stereocenters. The van der Waals surface area contributed by atoms with E-state index in [1.807, 2.05) is 62.4 Å². The van der Waals surface area contributed by atoms with Gasteiger partial charge in [0.05, 0.1) is 0 Å². The van der Waals surface area contributed by atoms with Crippen LogP contribution in [0.5, 0.6) is 0 Å². The summed E-state index contributed by atoms with van der Waals surface area (Å²) < 4.78 is 5.51. The quantitative estimate of drug-likeness (QED) is 0.732. The van der Waals surface area contributed by atoms with E-state index >= 15 is 0 Å². The molecule has 0 bridgehead atoms. The highest BCUT2D eigenvalue weighted by Gasteiger charge is 2.34. The maximum absolute atomic E-state index is 12.8. The van der Waals surface area contributed by atoms with E-state index < -0.39 is 0 Å². The van der Waals surface area contributed by atoms with E-state index in [1.165, 1.54) is 0 Å².